The monoisotopic (exact) mass is 245 g/mol. The maximum atomic E-state index is 11.3. The van der Waals surface area contributed by atoms with Crippen LogP contribution in [-0.4, -0.2) is 38.2 Å². The third-order valence-corrected chi connectivity index (χ3v) is 1.88. The van der Waals surface area contributed by atoms with Crippen molar-refractivity contribution >= 4 is 11.9 Å². The number of carbonyl (C=O) groups excluding carboxylic acids is 2. The summed E-state index contributed by atoms with van der Waals surface area (Å²) in [7, 11) is 0. The second-order valence-corrected chi connectivity index (χ2v) is 4.12. The van der Waals surface area contributed by atoms with Crippen LogP contribution >= 0.6 is 0 Å². The minimum absolute atomic E-state index is 0.131. The molecule has 0 spiro atoms. The van der Waals surface area contributed by atoms with Crippen molar-refractivity contribution in [2.75, 3.05) is 26.4 Å². The molecule has 0 aromatic carbocycles. The molecule has 0 bridgehead atoms. The molecule has 0 heterocycles. The lowest BCUT2D eigenvalue weighted by atomic mass is 10.2. The Balaban J connectivity index is 3.38. The molecule has 0 radical (unpaired) electrons. The average Bonchev–Trinajstić information content (AvgIpc) is 2.26. The van der Waals surface area contributed by atoms with Gasteiger partial charge < -0.3 is 14.8 Å². The summed E-state index contributed by atoms with van der Waals surface area (Å²) >= 11 is 0. The highest BCUT2D eigenvalue weighted by atomic mass is 16.5. The van der Waals surface area contributed by atoms with Crippen LogP contribution in [0.15, 0.2) is 0 Å². The number of nitrogens with one attached hydrogen (secondary N) is 1. The molecule has 0 aliphatic rings. The first-order chi connectivity index (χ1) is 8.06. The molecule has 0 saturated carbocycles. The van der Waals surface area contributed by atoms with Crippen LogP contribution in [0.4, 0.5) is 0 Å². The Morgan fingerprint density at radius 3 is 2.53 bits per heavy atom. The van der Waals surface area contributed by atoms with Gasteiger partial charge in [-0.05, 0) is 12.8 Å². The first-order valence-corrected chi connectivity index (χ1v) is 6.06. The third-order valence-electron chi connectivity index (χ3n) is 1.88. The van der Waals surface area contributed by atoms with Crippen LogP contribution in [0.3, 0.4) is 0 Å². The summed E-state index contributed by atoms with van der Waals surface area (Å²) in [5, 5.41) is 2.68. The fourth-order valence-electron chi connectivity index (χ4n) is 1.12. The van der Waals surface area contributed by atoms with Gasteiger partial charge in [0.15, 0.2) is 0 Å². The van der Waals surface area contributed by atoms with E-state index in [1.54, 1.807) is 6.92 Å². The van der Waals surface area contributed by atoms with Gasteiger partial charge in [0.05, 0.1) is 19.6 Å². The Hall–Kier alpha value is -1.10. The van der Waals surface area contributed by atoms with Crippen LogP contribution in [0.5, 0.6) is 0 Å². The molecule has 0 aliphatic heterocycles. The van der Waals surface area contributed by atoms with E-state index in [-0.39, 0.29) is 24.7 Å². The molecule has 0 fully saturated rings. The van der Waals surface area contributed by atoms with Crippen LogP contribution < -0.4 is 5.32 Å². The molecule has 0 aromatic rings. The van der Waals surface area contributed by atoms with Gasteiger partial charge in [-0.3, -0.25) is 9.59 Å². The molecule has 0 saturated heterocycles. The van der Waals surface area contributed by atoms with Crippen molar-refractivity contribution in [3.8, 4) is 0 Å². The van der Waals surface area contributed by atoms with Crippen LogP contribution in [-0.2, 0) is 19.1 Å². The number of rotatable bonds is 9. The topological polar surface area (TPSA) is 64.6 Å². The van der Waals surface area contributed by atoms with Crippen LogP contribution in [0, 0.1) is 5.92 Å². The van der Waals surface area contributed by atoms with Gasteiger partial charge in [-0.1, -0.05) is 13.8 Å². The van der Waals surface area contributed by atoms with Crippen molar-refractivity contribution in [1.82, 2.24) is 5.32 Å². The van der Waals surface area contributed by atoms with Crippen molar-refractivity contribution in [2.24, 2.45) is 5.92 Å². The summed E-state index contributed by atoms with van der Waals surface area (Å²) in [6, 6.07) is 0. The second-order valence-electron chi connectivity index (χ2n) is 4.12. The second kappa shape index (κ2) is 10.1. The quantitative estimate of drug-likeness (QED) is 0.488. The number of amides is 1. The fraction of sp³-hybridized carbons (Fsp3) is 0.833. The molecule has 5 nitrogen and oxygen atoms in total. The SMILES string of the molecule is CCOC(=O)CCC(=O)NCCOCC(C)C. The summed E-state index contributed by atoms with van der Waals surface area (Å²) in [4.78, 5) is 22.2. The van der Waals surface area contributed by atoms with Gasteiger partial charge in [-0.2, -0.15) is 0 Å². The van der Waals surface area contributed by atoms with E-state index < -0.39 is 0 Å². The predicted octanol–water partition coefficient (Wildman–Crippen LogP) is 1.12. The number of hydrogen-bond acceptors (Lipinski definition) is 4. The molecule has 1 N–H and O–H groups in total. The molecule has 1 amide bonds. The minimum Gasteiger partial charge on any atom is -0.466 e. The normalized spacial score (nSPS) is 10.4. The van der Waals surface area contributed by atoms with Crippen LogP contribution in [0.1, 0.15) is 33.6 Å². The van der Waals surface area contributed by atoms with Crippen molar-refractivity contribution in [2.45, 2.75) is 33.6 Å². The van der Waals surface area contributed by atoms with E-state index in [0.29, 0.717) is 32.3 Å². The van der Waals surface area contributed by atoms with Gasteiger partial charge >= 0.3 is 5.97 Å². The molecule has 17 heavy (non-hydrogen) atoms. The van der Waals surface area contributed by atoms with E-state index in [1.165, 1.54) is 0 Å². The van der Waals surface area contributed by atoms with Crippen LogP contribution in [0.25, 0.3) is 0 Å². The predicted molar refractivity (Wildman–Crippen MR) is 64.5 cm³/mol. The maximum absolute atomic E-state index is 11.3. The van der Waals surface area contributed by atoms with E-state index in [0.717, 1.165) is 0 Å². The molecular formula is C12H23NO4. The standard InChI is InChI=1S/C12H23NO4/c1-4-17-12(15)6-5-11(14)13-7-8-16-9-10(2)3/h10H,4-9H2,1-3H3,(H,13,14). The van der Waals surface area contributed by atoms with E-state index in [9.17, 15) is 9.59 Å². The molecule has 0 aliphatic carbocycles. The van der Waals surface area contributed by atoms with Crippen molar-refractivity contribution in [3.05, 3.63) is 0 Å². The fourth-order valence-corrected chi connectivity index (χ4v) is 1.12. The Kier molecular flexibility index (Phi) is 9.43. The summed E-state index contributed by atoms with van der Waals surface area (Å²) in [6.45, 7) is 7.90. The lowest BCUT2D eigenvalue weighted by molar-refractivity contribution is -0.144. The Morgan fingerprint density at radius 1 is 1.24 bits per heavy atom. The van der Waals surface area contributed by atoms with Gasteiger partial charge in [-0.25, -0.2) is 0 Å². The van der Waals surface area contributed by atoms with E-state index >= 15 is 0 Å². The number of carbonyl (C=O) groups is 2. The van der Waals surface area contributed by atoms with E-state index in [4.69, 9.17) is 9.47 Å². The molecule has 0 aromatic heterocycles. The molecular weight excluding hydrogens is 222 g/mol. The zero-order valence-electron chi connectivity index (χ0n) is 11.0. The molecule has 0 rings (SSSR count). The lowest BCUT2D eigenvalue weighted by Crippen LogP contribution is -2.28. The highest BCUT2D eigenvalue weighted by Crippen LogP contribution is 1.93. The Labute approximate surface area is 103 Å². The largest absolute Gasteiger partial charge is 0.466 e. The zero-order valence-corrected chi connectivity index (χ0v) is 11.0. The molecule has 100 valence electrons. The molecule has 0 unspecified atom stereocenters. The van der Waals surface area contributed by atoms with Gasteiger partial charge in [0.2, 0.25) is 5.91 Å². The van der Waals surface area contributed by atoms with Crippen molar-refractivity contribution in [1.29, 1.82) is 0 Å². The summed E-state index contributed by atoms with van der Waals surface area (Å²) in [6.07, 6.45) is 0.301. The van der Waals surface area contributed by atoms with Gasteiger partial charge in [0.1, 0.15) is 0 Å². The zero-order chi connectivity index (χ0) is 13.1. The first-order valence-electron chi connectivity index (χ1n) is 6.06. The lowest BCUT2D eigenvalue weighted by Gasteiger charge is -2.08. The highest BCUT2D eigenvalue weighted by Gasteiger charge is 2.06. The average molecular weight is 245 g/mol. The van der Waals surface area contributed by atoms with Gasteiger partial charge in [0, 0.05) is 19.6 Å². The van der Waals surface area contributed by atoms with Gasteiger partial charge in [-0.15, -0.1) is 0 Å². The third kappa shape index (κ3) is 11.2. The Bertz CT molecular complexity index is 229. The smallest absolute Gasteiger partial charge is 0.306 e. The van der Waals surface area contributed by atoms with E-state index in [1.807, 2.05) is 0 Å². The highest BCUT2D eigenvalue weighted by molar-refractivity contribution is 5.81. The van der Waals surface area contributed by atoms with E-state index in [2.05, 4.69) is 19.2 Å². The minimum atomic E-state index is -0.335. The summed E-state index contributed by atoms with van der Waals surface area (Å²) in [5.74, 6) is 0.0134. The number of ether oxygens (including phenoxy) is 2. The Morgan fingerprint density at radius 2 is 1.94 bits per heavy atom. The summed E-state index contributed by atoms with van der Waals surface area (Å²) in [5.41, 5.74) is 0. The maximum Gasteiger partial charge on any atom is 0.306 e. The van der Waals surface area contributed by atoms with Crippen molar-refractivity contribution < 1.29 is 19.1 Å². The number of esters is 1. The number of hydrogen-bond donors (Lipinski definition) is 1. The van der Waals surface area contributed by atoms with Crippen molar-refractivity contribution in [3.63, 3.8) is 0 Å². The van der Waals surface area contributed by atoms with Gasteiger partial charge in [0.25, 0.3) is 0 Å². The first kappa shape index (κ1) is 15.9. The molecule has 0 atom stereocenters. The molecule has 5 heteroatoms. The van der Waals surface area contributed by atoms with Crippen LogP contribution in [0.2, 0.25) is 0 Å². The summed E-state index contributed by atoms with van der Waals surface area (Å²) < 4.78 is 10.0.